The van der Waals surface area contributed by atoms with Gasteiger partial charge in [0.2, 0.25) is 11.8 Å². The fraction of sp³-hybridized carbons (Fsp3) is 0.297. The molecule has 47 heavy (non-hydrogen) atoms. The van der Waals surface area contributed by atoms with Gasteiger partial charge in [-0.15, -0.1) is 0 Å². The third-order valence-electron chi connectivity index (χ3n) is 8.44. The number of aryl methyl sites for hydroxylation is 1. The largest absolute Gasteiger partial charge is 0.352 e. The van der Waals surface area contributed by atoms with Crippen LogP contribution in [0.15, 0.2) is 108 Å². The molecule has 0 spiro atoms. The van der Waals surface area contributed by atoms with E-state index in [9.17, 15) is 18.0 Å². The van der Waals surface area contributed by atoms with E-state index < -0.39 is 28.5 Å². The van der Waals surface area contributed by atoms with Gasteiger partial charge in [-0.3, -0.25) is 13.9 Å². The Kier molecular flexibility index (Phi) is 11.6. The predicted molar refractivity (Wildman–Crippen MR) is 188 cm³/mol. The van der Waals surface area contributed by atoms with Gasteiger partial charge in [0.15, 0.2) is 0 Å². The molecule has 0 heterocycles. The summed E-state index contributed by atoms with van der Waals surface area (Å²) >= 11 is 12.7. The molecule has 5 rings (SSSR count). The normalized spacial score (nSPS) is 14.3. The average Bonchev–Trinajstić information content (AvgIpc) is 3.06. The van der Waals surface area contributed by atoms with Crippen LogP contribution in [0.2, 0.25) is 10.0 Å². The van der Waals surface area contributed by atoms with Crippen molar-refractivity contribution < 1.29 is 18.0 Å². The molecule has 1 atom stereocenters. The molecule has 1 fully saturated rings. The highest BCUT2D eigenvalue weighted by atomic mass is 35.5. The highest BCUT2D eigenvalue weighted by Gasteiger charge is 2.35. The first-order valence-electron chi connectivity index (χ1n) is 15.8. The van der Waals surface area contributed by atoms with E-state index in [4.69, 9.17) is 23.2 Å². The number of halogens is 2. The van der Waals surface area contributed by atoms with Crippen molar-refractivity contribution in [3.05, 3.63) is 130 Å². The summed E-state index contributed by atoms with van der Waals surface area (Å²) < 4.78 is 29.5. The van der Waals surface area contributed by atoms with E-state index in [1.807, 2.05) is 67.6 Å². The number of benzene rings is 4. The van der Waals surface area contributed by atoms with Crippen LogP contribution in [0, 0.1) is 6.92 Å². The molecule has 246 valence electrons. The molecule has 1 aliphatic carbocycles. The van der Waals surface area contributed by atoms with Crippen LogP contribution in [0.5, 0.6) is 0 Å². The minimum absolute atomic E-state index is 0.0116. The van der Waals surface area contributed by atoms with E-state index in [1.165, 1.54) is 35.2 Å². The Morgan fingerprint density at radius 1 is 0.809 bits per heavy atom. The number of carbonyl (C=O) groups is 2. The van der Waals surface area contributed by atoms with Gasteiger partial charge in [0, 0.05) is 29.1 Å². The molecule has 4 aromatic rings. The zero-order valence-electron chi connectivity index (χ0n) is 26.3. The van der Waals surface area contributed by atoms with Crippen LogP contribution in [0.1, 0.15) is 48.8 Å². The monoisotopic (exact) mass is 691 g/mol. The highest BCUT2D eigenvalue weighted by molar-refractivity contribution is 7.92. The number of nitrogens with one attached hydrogen (secondary N) is 1. The maximum Gasteiger partial charge on any atom is 0.264 e. The van der Waals surface area contributed by atoms with Crippen molar-refractivity contribution in [1.29, 1.82) is 0 Å². The molecule has 4 aromatic carbocycles. The first-order valence-corrected chi connectivity index (χ1v) is 18.0. The smallest absolute Gasteiger partial charge is 0.264 e. The quantitative estimate of drug-likeness (QED) is 0.166. The summed E-state index contributed by atoms with van der Waals surface area (Å²) in [5.74, 6) is -0.802. The number of hydrogen-bond acceptors (Lipinski definition) is 4. The second-order valence-corrected chi connectivity index (χ2v) is 14.7. The summed E-state index contributed by atoms with van der Waals surface area (Å²) in [5, 5.41) is 3.66. The molecule has 0 aliphatic heterocycles. The third kappa shape index (κ3) is 9.15. The van der Waals surface area contributed by atoms with E-state index in [2.05, 4.69) is 5.32 Å². The van der Waals surface area contributed by atoms with Gasteiger partial charge in [0.1, 0.15) is 12.6 Å². The fourth-order valence-electron chi connectivity index (χ4n) is 5.93. The molecular formula is C37H39Cl2N3O4S. The Hall–Kier alpha value is -3.85. The molecule has 2 amide bonds. The molecule has 7 nitrogen and oxygen atoms in total. The third-order valence-corrected chi connectivity index (χ3v) is 10.7. The molecule has 0 saturated heterocycles. The number of hydrogen-bond donors (Lipinski definition) is 1. The van der Waals surface area contributed by atoms with Crippen molar-refractivity contribution in [3.8, 4) is 0 Å². The van der Waals surface area contributed by atoms with E-state index in [-0.39, 0.29) is 45.5 Å². The lowest BCUT2D eigenvalue weighted by Crippen LogP contribution is -2.55. The lowest BCUT2D eigenvalue weighted by atomic mass is 9.94. The lowest BCUT2D eigenvalue weighted by Gasteiger charge is -2.35. The predicted octanol–water partition coefficient (Wildman–Crippen LogP) is 7.59. The maximum atomic E-state index is 14.6. The van der Waals surface area contributed by atoms with Gasteiger partial charge in [0.05, 0.1) is 10.6 Å². The van der Waals surface area contributed by atoms with Gasteiger partial charge in [-0.25, -0.2) is 8.42 Å². The molecule has 1 N–H and O–H groups in total. The van der Waals surface area contributed by atoms with Crippen molar-refractivity contribution in [2.75, 3.05) is 10.8 Å². The lowest BCUT2D eigenvalue weighted by molar-refractivity contribution is -0.140. The van der Waals surface area contributed by atoms with Crippen LogP contribution >= 0.6 is 23.2 Å². The molecule has 1 saturated carbocycles. The minimum Gasteiger partial charge on any atom is -0.352 e. The van der Waals surface area contributed by atoms with Crippen LogP contribution in [-0.2, 0) is 32.6 Å². The average molecular weight is 693 g/mol. The van der Waals surface area contributed by atoms with E-state index >= 15 is 0 Å². The van der Waals surface area contributed by atoms with Crippen LogP contribution in [0.4, 0.5) is 5.69 Å². The number of nitrogens with zero attached hydrogens (tertiary/aromatic N) is 2. The number of anilines is 1. The molecule has 0 bridgehead atoms. The van der Waals surface area contributed by atoms with Gasteiger partial charge in [-0.1, -0.05) is 121 Å². The summed E-state index contributed by atoms with van der Waals surface area (Å²) in [7, 11) is -4.27. The standard InChI is InChI=1S/C37H39Cl2N3O4S/c1-27-17-19-34(20-18-27)47(45,46)42(33-23-30(38)22-31(39)24-33)26-36(43)41(25-29-13-7-3-8-14-29)35(21-28-11-5-2-6-12-28)37(44)40-32-15-9-4-10-16-32/h2-3,5-8,11-14,17-20,22-24,32,35H,4,9-10,15-16,21,25-26H2,1H3,(H,40,44)/t35-/m0/s1. The number of carbonyl (C=O) groups excluding carboxylic acids is 2. The maximum absolute atomic E-state index is 14.6. The summed E-state index contributed by atoms with van der Waals surface area (Å²) in [6.45, 7) is 1.38. The molecule has 0 unspecified atom stereocenters. The zero-order chi connectivity index (χ0) is 33.4. The van der Waals surface area contributed by atoms with Gasteiger partial charge >= 0.3 is 0 Å². The number of rotatable bonds is 12. The Bertz CT molecular complexity index is 1740. The summed E-state index contributed by atoms with van der Waals surface area (Å²) in [6, 6.07) is 28.9. The van der Waals surface area contributed by atoms with E-state index in [0.717, 1.165) is 53.1 Å². The Balaban J connectivity index is 1.57. The van der Waals surface area contributed by atoms with E-state index in [0.29, 0.717) is 0 Å². The topological polar surface area (TPSA) is 86.8 Å². The molecule has 0 radical (unpaired) electrons. The zero-order valence-corrected chi connectivity index (χ0v) is 28.6. The second-order valence-electron chi connectivity index (χ2n) is 12.0. The van der Waals surface area contributed by atoms with Gasteiger partial charge in [0.25, 0.3) is 10.0 Å². The Morgan fingerprint density at radius 2 is 1.38 bits per heavy atom. The summed E-state index contributed by atoms with van der Waals surface area (Å²) in [6.07, 6.45) is 5.23. The van der Waals surface area contributed by atoms with Crippen LogP contribution in [0.3, 0.4) is 0 Å². The molecule has 10 heteroatoms. The highest BCUT2D eigenvalue weighted by Crippen LogP contribution is 2.30. The van der Waals surface area contributed by atoms with Crippen molar-refractivity contribution in [1.82, 2.24) is 10.2 Å². The van der Waals surface area contributed by atoms with Gasteiger partial charge < -0.3 is 10.2 Å². The first-order chi connectivity index (χ1) is 22.6. The van der Waals surface area contributed by atoms with Gasteiger partial charge in [-0.05, 0) is 61.2 Å². The fourth-order valence-corrected chi connectivity index (χ4v) is 7.84. The first kappa shape index (κ1) is 34.5. The number of sulfonamides is 1. The SMILES string of the molecule is Cc1ccc(S(=O)(=O)N(CC(=O)N(Cc2ccccc2)[C@@H](Cc2ccccc2)C(=O)NC2CCCCC2)c2cc(Cl)cc(Cl)c2)cc1. The van der Waals surface area contributed by atoms with Crippen molar-refractivity contribution in [3.63, 3.8) is 0 Å². The Labute approximate surface area is 287 Å². The van der Waals surface area contributed by atoms with Crippen LogP contribution in [-0.4, -0.2) is 43.8 Å². The van der Waals surface area contributed by atoms with Crippen LogP contribution < -0.4 is 9.62 Å². The Morgan fingerprint density at radius 3 is 1.98 bits per heavy atom. The summed E-state index contributed by atoms with van der Waals surface area (Å²) in [5.41, 5.74) is 2.72. The minimum atomic E-state index is -4.27. The van der Waals surface area contributed by atoms with E-state index in [1.54, 1.807) is 12.1 Å². The molecular weight excluding hydrogens is 653 g/mol. The second kappa shape index (κ2) is 15.8. The van der Waals surface area contributed by atoms with Crippen molar-refractivity contribution in [2.45, 2.75) is 69.0 Å². The molecule has 1 aliphatic rings. The van der Waals surface area contributed by atoms with Crippen molar-refractivity contribution >= 4 is 50.7 Å². The molecule has 0 aromatic heterocycles. The van der Waals surface area contributed by atoms with Crippen LogP contribution in [0.25, 0.3) is 0 Å². The summed E-state index contributed by atoms with van der Waals surface area (Å²) in [4.78, 5) is 30.3. The van der Waals surface area contributed by atoms with Crippen molar-refractivity contribution in [2.24, 2.45) is 0 Å². The number of amides is 2. The van der Waals surface area contributed by atoms with Gasteiger partial charge in [-0.2, -0.15) is 0 Å².